The van der Waals surface area contributed by atoms with E-state index in [1.54, 1.807) is 35.2 Å². The van der Waals surface area contributed by atoms with E-state index in [1.807, 2.05) is 29.6 Å². The minimum Gasteiger partial charge on any atom is -0.325 e. The fraction of sp³-hybridized carbons (Fsp3) is 0.158. The van der Waals surface area contributed by atoms with Crippen molar-refractivity contribution in [3.8, 4) is 10.6 Å². The second-order valence-electron chi connectivity index (χ2n) is 5.89. The summed E-state index contributed by atoms with van der Waals surface area (Å²) in [6.45, 7) is 4.16. The monoisotopic (exact) mass is 412 g/mol. The molecule has 3 heterocycles. The summed E-state index contributed by atoms with van der Waals surface area (Å²) in [6, 6.07) is 7.73. The van der Waals surface area contributed by atoms with Crippen LogP contribution < -0.4 is 5.32 Å². The summed E-state index contributed by atoms with van der Waals surface area (Å²) in [6.07, 6.45) is 3.35. The normalized spacial score (nSPS) is 11.0. The van der Waals surface area contributed by atoms with Gasteiger partial charge in [-0.2, -0.15) is 0 Å². The van der Waals surface area contributed by atoms with E-state index in [9.17, 15) is 4.79 Å². The molecule has 4 rings (SSSR count). The first-order valence-electron chi connectivity index (χ1n) is 8.25. The van der Waals surface area contributed by atoms with Gasteiger partial charge in [0.05, 0.1) is 5.75 Å². The highest BCUT2D eigenvalue weighted by Crippen LogP contribution is 2.34. The first kappa shape index (κ1) is 18.1. The van der Waals surface area contributed by atoms with Gasteiger partial charge in [0.1, 0.15) is 21.2 Å². The molecule has 0 aliphatic rings. The number of aromatic nitrogens is 3. The third kappa shape index (κ3) is 3.87. The van der Waals surface area contributed by atoms with Crippen LogP contribution in [0, 0.1) is 13.8 Å². The fourth-order valence-electron chi connectivity index (χ4n) is 2.65. The molecular weight excluding hydrogens is 396 g/mol. The van der Waals surface area contributed by atoms with Gasteiger partial charge in [-0.05, 0) is 43.7 Å². The highest BCUT2D eigenvalue weighted by atomic mass is 32.2. The van der Waals surface area contributed by atoms with Crippen molar-refractivity contribution >= 4 is 56.2 Å². The number of nitrogens with one attached hydrogen (secondary N) is 1. The predicted molar refractivity (Wildman–Crippen MR) is 114 cm³/mol. The maximum Gasteiger partial charge on any atom is 0.234 e. The van der Waals surface area contributed by atoms with Gasteiger partial charge in [0.2, 0.25) is 5.91 Å². The summed E-state index contributed by atoms with van der Waals surface area (Å²) in [5.41, 5.74) is 3.01. The second kappa shape index (κ2) is 7.75. The minimum atomic E-state index is -0.0571. The van der Waals surface area contributed by atoms with Crippen LogP contribution in [0.5, 0.6) is 0 Å². The number of nitrogens with zero attached hydrogens (tertiary/aromatic N) is 3. The maximum atomic E-state index is 12.3. The Hall–Kier alpha value is -2.29. The molecule has 3 aromatic heterocycles. The molecular formula is C19H16N4OS3. The first-order valence-corrected chi connectivity index (χ1v) is 10.9. The molecule has 0 unspecified atom stereocenters. The second-order valence-corrected chi connectivity index (χ2v) is 8.96. The SMILES string of the molecule is Cc1sc2ncnc(SCC(=O)Nc3ccc(-c4nccs4)cc3)c2c1C. The summed E-state index contributed by atoms with van der Waals surface area (Å²) >= 11 is 4.69. The smallest absolute Gasteiger partial charge is 0.234 e. The Morgan fingerprint density at radius 3 is 2.70 bits per heavy atom. The zero-order valence-electron chi connectivity index (χ0n) is 14.7. The molecule has 4 aromatic rings. The van der Waals surface area contributed by atoms with Crippen molar-refractivity contribution in [3.63, 3.8) is 0 Å². The molecule has 0 atom stereocenters. The lowest BCUT2D eigenvalue weighted by Gasteiger charge is -2.06. The molecule has 0 aliphatic carbocycles. The van der Waals surface area contributed by atoms with Gasteiger partial charge in [0.15, 0.2) is 0 Å². The number of anilines is 1. The molecule has 1 aromatic carbocycles. The quantitative estimate of drug-likeness (QED) is 0.362. The lowest BCUT2D eigenvalue weighted by atomic mass is 10.2. The van der Waals surface area contributed by atoms with Crippen molar-refractivity contribution in [3.05, 3.63) is 52.6 Å². The van der Waals surface area contributed by atoms with E-state index < -0.39 is 0 Å². The molecule has 0 radical (unpaired) electrons. The van der Waals surface area contributed by atoms with E-state index in [-0.39, 0.29) is 5.91 Å². The number of thiazole rings is 1. The molecule has 0 aliphatic heterocycles. The molecule has 27 heavy (non-hydrogen) atoms. The van der Waals surface area contributed by atoms with E-state index in [2.05, 4.69) is 34.1 Å². The third-order valence-electron chi connectivity index (χ3n) is 4.12. The molecule has 0 saturated heterocycles. The number of hydrogen-bond donors (Lipinski definition) is 1. The van der Waals surface area contributed by atoms with E-state index in [4.69, 9.17) is 0 Å². The van der Waals surface area contributed by atoms with Gasteiger partial charge in [-0.15, -0.1) is 22.7 Å². The van der Waals surface area contributed by atoms with E-state index in [0.29, 0.717) is 5.75 Å². The van der Waals surface area contributed by atoms with E-state index in [0.717, 1.165) is 31.5 Å². The van der Waals surface area contributed by atoms with Crippen molar-refractivity contribution in [1.29, 1.82) is 0 Å². The van der Waals surface area contributed by atoms with Crippen LogP contribution in [0.15, 0.2) is 47.2 Å². The molecule has 1 N–H and O–H groups in total. The average molecular weight is 413 g/mol. The summed E-state index contributed by atoms with van der Waals surface area (Å²) in [5.74, 6) is 0.243. The number of rotatable bonds is 5. The van der Waals surface area contributed by atoms with Crippen LogP contribution >= 0.6 is 34.4 Å². The van der Waals surface area contributed by atoms with Crippen LogP contribution in [0.3, 0.4) is 0 Å². The Morgan fingerprint density at radius 2 is 1.96 bits per heavy atom. The molecule has 8 heteroatoms. The highest BCUT2D eigenvalue weighted by molar-refractivity contribution is 8.00. The predicted octanol–water partition coefficient (Wildman–Crippen LogP) is 5.16. The van der Waals surface area contributed by atoms with E-state index in [1.165, 1.54) is 22.2 Å². The topological polar surface area (TPSA) is 67.8 Å². The Labute approximate surface area is 168 Å². The first-order chi connectivity index (χ1) is 13.1. The molecule has 0 spiro atoms. The van der Waals surface area contributed by atoms with Gasteiger partial charge in [-0.1, -0.05) is 11.8 Å². The van der Waals surface area contributed by atoms with Crippen LogP contribution in [0.2, 0.25) is 0 Å². The lowest BCUT2D eigenvalue weighted by molar-refractivity contribution is -0.113. The summed E-state index contributed by atoms with van der Waals surface area (Å²) in [5, 5.41) is 7.77. The molecule has 0 fully saturated rings. The number of carbonyl (C=O) groups is 1. The molecule has 0 bridgehead atoms. The summed E-state index contributed by atoms with van der Waals surface area (Å²) in [7, 11) is 0. The van der Waals surface area contributed by atoms with Crippen molar-refractivity contribution < 1.29 is 4.79 Å². The van der Waals surface area contributed by atoms with Crippen molar-refractivity contribution in [1.82, 2.24) is 15.0 Å². The van der Waals surface area contributed by atoms with Gasteiger partial charge in [0, 0.05) is 33.1 Å². The van der Waals surface area contributed by atoms with Crippen LogP contribution in [-0.4, -0.2) is 26.6 Å². The van der Waals surface area contributed by atoms with Crippen molar-refractivity contribution in [2.24, 2.45) is 0 Å². The Kier molecular flexibility index (Phi) is 5.20. The van der Waals surface area contributed by atoms with Gasteiger partial charge < -0.3 is 5.32 Å². The number of thioether (sulfide) groups is 1. The number of carbonyl (C=O) groups excluding carboxylic acids is 1. The number of benzene rings is 1. The molecule has 136 valence electrons. The zero-order valence-corrected chi connectivity index (χ0v) is 17.2. The third-order valence-corrected chi connectivity index (χ3v) is 7.05. The number of thiophene rings is 1. The van der Waals surface area contributed by atoms with Crippen molar-refractivity contribution in [2.45, 2.75) is 18.9 Å². The van der Waals surface area contributed by atoms with Crippen LogP contribution in [0.1, 0.15) is 10.4 Å². The van der Waals surface area contributed by atoms with Gasteiger partial charge in [0.25, 0.3) is 0 Å². The van der Waals surface area contributed by atoms with Crippen molar-refractivity contribution in [2.75, 3.05) is 11.1 Å². The number of aryl methyl sites for hydroxylation is 2. The van der Waals surface area contributed by atoms with Gasteiger partial charge >= 0.3 is 0 Å². The Bertz CT molecular complexity index is 1090. The lowest BCUT2D eigenvalue weighted by Crippen LogP contribution is -2.14. The Balaban J connectivity index is 1.42. The molecule has 5 nitrogen and oxygen atoms in total. The van der Waals surface area contributed by atoms with Gasteiger partial charge in [-0.3, -0.25) is 4.79 Å². The molecule has 1 amide bonds. The molecule has 0 saturated carbocycles. The number of amides is 1. The largest absolute Gasteiger partial charge is 0.325 e. The summed E-state index contributed by atoms with van der Waals surface area (Å²) < 4.78 is 0. The zero-order chi connectivity index (χ0) is 18.8. The van der Waals surface area contributed by atoms with Crippen LogP contribution in [0.25, 0.3) is 20.8 Å². The minimum absolute atomic E-state index is 0.0571. The average Bonchev–Trinajstić information content (AvgIpc) is 3.30. The van der Waals surface area contributed by atoms with Crippen LogP contribution in [-0.2, 0) is 4.79 Å². The fourth-order valence-corrected chi connectivity index (χ4v) is 5.21. The standard InChI is InChI=1S/C19H16N4OS3/c1-11-12(2)27-19-16(11)18(21-10-22-19)26-9-15(24)23-14-5-3-13(4-6-14)17-20-7-8-25-17/h3-8,10H,9H2,1-2H3,(H,23,24). The number of fused-ring (bicyclic) bond motifs is 1. The Morgan fingerprint density at radius 1 is 1.15 bits per heavy atom. The highest BCUT2D eigenvalue weighted by Gasteiger charge is 2.14. The number of hydrogen-bond acceptors (Lipinski definition) is 7. The van der Waals surface area contributed by atoms with E-state index >= 15 is 0 Å². The maximum absolute atomic E-state index is 12.3. The van der Waals surface area contributed by atoms with Gasteiger partial charge in [-0.25, -0.2) is 15.0 Å². The summed E-state index contributed by atoms with van der Waals surface area (Å²) in [4.78, 5) is 27.5. The van der Waals surface area contributed by atoms with Crippen LogP contribution in [0.4, 0.5) is 5.69 Å².